The maximum Gasteiger partial charge on any atom is 0.198 e. The van der Waals surface area contributed by atoms with Gasteiger partial charge in [-0.2, -0.15) is 0 Å². The van der Waals surface area contributed by atoms with E-state index in [1.807, 2.05) is 0 Å². The molecule has 2 heterocycles. The number of fused-ring (bicyclic) bond motifs is 1. The fourth-order valence-corrected chi connectivity index (χ4v) is 2.79. The van der Waals surface area contributed by atoms with Crippen LogP contribution < -0.4 is 5.32 Å². The molecule has 0 saturated heterocycles. The Labute approximate surface area is 108 Å². The van der Waals surface area contributed by atoms with Gasteiger partial charge in [-0.1, -0.05) is 13.8 Å². The molecule has 0 saturated carbocycles. The molecule has 3 nitrogen and oxygen atoms in total. The van der Waals surface area contributed by atoms with Crippen LogP contribution in [0.15, 0.2) is 0 Å². The quantitative estimate of drug-likeness (QED) is 0.803. The van der Waals surface area contributed by atoms with E-state index in [1.54, 1.807) is 0 Å². The zero-order valence-corrected chi connectivity index (χ0v) is 11.5. The highest BCUT2D eigenvalue weighted by Crippen LogP contribution is 2.30. The molecule has 2 rings (SSSR count). The predicted octanol–water partition coefficient (Wildman–Crippen LogP) is 3.79. The highest BCUT2D eigenvalue weighted by Gasteiger charge is 2.18. The van der Waals surface area contributed by atoms with Crippen molar-refractivity contribution in [2.45, 2.75) is 51.9 Å². The first-order chi connectivity index (χ1) is 8.26. The lowest BCUT2D eigenvalue weighted by molar-refractivity contribution is 0.610. The van der Waals surface area contributed by atoms with Crippen molar-refractivity contribution < 1.29 is 0 Å². The lowest BCUT2D eigenvalue weighted by Gasteiger charge is -2.18. The second-order valence-corrected chi connectivity index (χ2v) is 5.07. The van der Waals surface area contributed by atoms with Crippen LogP contribution in [0.4, 0.5) is 5.82 Å². The van der Waals surface area contributed by atoms with Gasteiger partial charge in [0.1, 0.15) is 5.82 Å². The number of nitrogens with one attached hydrogen (secondary N) is 2. The topological polar surface area (TPSA) is 40.7 Å². The van der Waals surface area contributed by atoms with E-state index in [4.69, 9.17) is 12.2 Å². The molecule has 0 spiro atoms. The summed E-state index contributed by atoms with van der Waals surface area (Å²) in [5, 5.41) is 3.41. The van der Waals surface area contributed by atoms with Gasteiger partial charge in [0.2, 0.25) is 0 Å². The Bertz CT molecular complexity index is 435. The van der Waals surface area contributed by atoms with Gasteiger partial charge < -0.3 is 10.3 Å². The Balaban J connectivity index is 2.50. The zero-order chi connectivity index (χ0) is 12.3. The minimum Gasteiger partial charge on any atom is -0.370 e. The van der Waals surface area contributed by atoms with E-state index in [2.05, 4.69) is 29.1 Å². The van der Waals surface area contributed by atoms with Gasteiger partial charge in [0.25, 0.3) is 0 Å². The Morgan fingerprint density at radius 1 is 1.29 bits per heavy atom. The van der Waals surface area contributed by atoms with Crippen molar-refractivity contribution in [2.75, 3.05) is 11.9 Å². The summed E-state index contributed by atoms with van der Waals surface area (Å²) in [4.78, 5) is 7.76. The monoisotopic (exact) mass is 251 g/mol. The molecule has 4 heteroatoms. The number of nitrogens with zero attached hydrogens (tertiary/aromatic N) is 1. The molecule has 1 aliphatic heterocycles. The first-order valence-corrected chi connectivity index (χ1v) is 7.04. The van der Waals surface area contributed by atoms with Crippen LogP contribution in [0.5, 0.6) is 0 Å². The molecular formula is C13H21N3S. The van der Waals surface area contributed by atoms with Gasteiger partial charge in [0, 0.05) is 17.8 Å². The Kier molecular flexibility index (Phi) is 4.15. The van der Waals surface area contributed by atoms with Crippen molar-refractivity contribution >= 4 is 18.0 Å². The number of aromatic nitrogens is 2. The summed E-state index contributed by atoms with van der Waals surface area (Å²) in [5.74, 6) is 1.60. The van der Waals surface area contributed by atoms with E-state index in [-0.39, 0.29) is 0 Å². The smallest absolute Gasteiger partial charge is 0.198 e. The van der Waals surface area contributed by atoms with Crippen LogP contribution >= 0.6 is 12.2 Å². The number of H-pyrrole nitrogens is 1. The van der Waals surface area contributed by atoms with Crippen LogP contribution in [-0.2, 0) is 6.42 Å². The van der Waals surface area contributed by atoms with E-state index >= 15 is 0 Å². The molecule has 0 amide bonds. The predicted molar refractivity (Wildman–Crippen MR) is 74.2 cm³/mol. The molecule has 0 aromatic carbocycles. The summed E-state index contributed by atoms with van der Waals surface area (Å²) < 4.78 is 0.611. The molecule has 0 radical (unpaired) electrons. The summed E-state index contributed by atoms with van der Waals surface area (Å²) >= 11 is 5.24. The maximum absolute atomic E-state index is 5.24. The van der Waals surface area contributed by atoms with Crippen LogP contribution in [-0.4, -0.2) is 16.5 Å². The molecular weight excluding hydrogens is 230 g/mol. The molecule has 0 aliphatic carbocycles. The van der Waals surface area contributed by atoms with Crippen LogP contribution in [0.3, 0.4) is 0 Å². The van der Waals surface area contributed by atoms with Crippen molar-refractivity contribution in [1.82, 2.24) is 9.97 Å². The average molecular weight is 251 g/mol. The van der Waals surface area contributed by atoms with Crippen molar-refractivity contribution in [1.29, 1.82) is 0 Å². The average Bonchev–Trinajstić information content (AvgIpc) is 2.55. The number of aromatic amines is 1. The second-order valence-electron chi connectivity index (χ2n) is 4.68. The normalized spacial score (nSPS) is 15.2. The Morgan fingerprint density at radius 2 is 2.06 bits per heavy atom. The first-order valence-electron chi connectivity index (χ1n) is 6.63. The van der Waals surface area contributed by atoms with E-state index in [9.17, 15) is 0 Å². The molecule has 0 bridgehead atoms. The molecule has 1 aromatic rings. The number of hydrogen-bond donors (Lipinski definition) is 2. The SMILES string of the molecule is CCC(CC)c1[nH]c(=S)nc2c1CCCCN2. The van der Waals surface area contributed by atoms with Crippen LogP contribution in [0.1, 0.15) is 56.7 Å². The number of hydrogen-bond acceptors (Lipinski definition) is 3. The number of anilines is 1. The minimum absolute atomic E-state index is 0.577. The molecule has 17 heavy (non-hydrogen) atoms. The summed E-state index contributed by atoms with van der Waals surface area (Å²) in [7, 11) is 0. The third-order valence-corrected chi connectivity index (χ3v) is 3.80. The zero-order valence-electron chi connectivity index (χ0n) is 10.7. The highest BCUT2D eigenvalue weighted by molar-refractivity contribution is 7.71. The Morgan fingerprint density at radius 3 is 2.76 bits per heavy atom. The molecule has 0 fully saturated rings. The van der Waals surface area contributed by atoms with Gasteiger partial charge in [0.05, 0.1) is 0 Å². The largest absolute Gasteiger partial charge is 0.370 e. The van der Waals surface area contributed by atoms with Gasteiger partial charge in [-0.15, -0.1) is 0 Å². The summed E-state index contributed by atoms with van der Waals surface area (Å²) in [6, 6.07) is 0. The lowest BCUT2D eigenvalue weighted by atomic mass is 9.93. The van der Waals surface area contributed by atoms with E-state index in [0.29, 0.717) is 10.7 Å². The van der Waals surface area contributed by atoms with Crippen molar-refractivity contribution in [3.8, 4) is 0 Å². The van der Waals surface area contributed by atoms with E-state index < -0.39 is 0 Å². The van der Waals surface area contributed by atoms with Gasteiger partial charge in [-0.25, -0.2) is 4.98 Å². The van der Waals surface area contributed by atoms with Crippen molar-refractivity contribution in [3.05, 3.63) is 16.0 Å². The summed E-state index contributed by atoms with van der Waals surface area (Å²) in [5.41, 5.74) is 2.68. The van der Waals surface area contributed by atoms with Crippen LogP contribution in [0, 0.1) is 4.77 Å². The van der Waals surface area contributed by atoms with Gasteiger partial charge in [-0.3, -0.25) is 0 Å². The van der Waals surface area contributed by atoms with Gasteiger partial charge in [-0.05, 0) is 50.2 Å². The summed E-state index contributed by atoms with van der Waals surface area (Å²) in [6.45, 7) is 5.49. The second kappa shape index (κ2) is 5.63. The minimum atomic E-state index is 0.577. The van der Waals surface area contributed by atoms with E-state index in [1.165, 1.54) is 24.1 Å². The molecule has 1 aromatic heterocycles. The van der Waals surface area contributed by atoms with Crippen LogP contribution in [0.25, 0.3) is 0 Å². The first kappa shape index (κ1) is 12.6. The molecule has 0 atom stereocenters. The summed E-state index contributed by atoms with van der Waals surface area (Å²) in [6.07, 6.45) is 5.87. The molecule has 0 unspecified atom stereocenters. The Hall–Kier alpha value is -0.900. The lowest BCUT2D eigenvalue weighted by Crippen LogP contribution is -2.10. The molecule has 2 N–H and O–H groups in total. The maximum atomic E-state index is 5.24. The van der Waals surface area contributed by atoms with Crippen molar-refractivity contribution in [2.24, 2.45) is 0 Å². The molecule has 94 valence electrons. The molecule has 1 aliphatic rings. The van der Waals surface area contributed by atoms with Crippen LogP contribution in [0.2, 0.25) is 0 Å². The number of rotatable bonds is 3. The van der Waals surface area contributed by atoms with E-state index in [0.717, 1.165) is 31.6 Å². The van der Waals surface area contributed by atoms with Gasteiger partial charge in [0.15, 0.2) is 4.77 Å². The third-order valence-electron chi connectivity index (χ3n) is 3.61. The highest BCUT2D eigenvalue weighted by atomic mass is 32.1. The standard InChI is InChI=1S/C13H21N3S/c1-3-9(4-2)11-10-7-5-6-8-14-12(10)16-13(17)15-11/h9H,3-8H2,1-2H3,(H2,14,15,16,17). The fraction of sp³-hybridized carbons (Fsp3) is 0.692. The van der Waals surface area contributed by atoms with Gasteiger partial charge >= 0.3 is 0 Å². The third kappa shape index (κ3) is 2.68. The van der Waals surface area contributed by atoms with Crippen molar-refractivity contribution in [3.63, 3.8) is 0 Å². The fourth-order valence-electron chi connectivity index (χ4n) is 2.59.